The summed E-state index contributed by atoms with van der Waals surface area (Å²) in [5.74, 6) is -0.305. The van der Waals surface area contributed by atoms with Crippen molar-refractivity contribution >= 4 is 23.6 Å². The fraction of sp³-hybridized carbons (Fsp3) is 0.375. The number of hydrogen-bond donors (Lipinski definition) is 1. The van der Waals surface area contributed by atoms with Crippen molar-refractivity contribution in [3.63, 3.8) is 0 Å². The number of benzene rings is 3. The molecular formula is C32H30ClF9N6O2. The molecule has 4 rings (SSSR count). The molecule has 1 aromatic heterocycles. The zero-order chi connectivity index (χ0) is 37.4. The highest BCUT2D eigenvalue weighted by molar-refractivity contribution is 6.33. The minimum absolute atomic E-state index is 0.0404. The van der Waals surface area contributed by atoms with Gasteiger partial charge in [-0.3, -0.25) is 0 Å². The second kappa shape index (κ2) is 14.0. The maximum absolute atomic E-state index is 14.0. The second-order valence-electron chi connectivity index (χ2n) is 12.7. The van der Waals surface area contributed by atoms with Crippen molar-refractivity contribution in [3.05, 3.63) is 93.0 Å². The summed E-state index contributed by atoms with van der Waals surface area (Å²) in [6.07, 6.45) is -16.3. The summed E-state index contributed by atoms with van der Waals surface area (Å²) in [5, 5.41) is 21.3. The Bertz CT molecular complexity index is 1820. The van der Waals surface area contributed by atoms with Crippen LogP contribution in [0, 0.1) is 5.41 Å². The van der Waals surface area contributed by atoms with Gasteiger partial charge in [-0.2, -0.15) is 44.3 Å². The van der Waals surface area contributed by atoms with Crippen molar-refractivity contribution < 1.29 is 49.4 Å². The molecule has 50 heavy (non-hydrogen) atoms. The average Bonchev–Trinajstić information content (AvgIpc) is 3.41. The number of rotatable bonds is 9. The lowest BCUT2D eigenvalue weighted by Crippen LogP contribution is -2.36. The topological polar surface area (TPSA) is 87.4 Å². The molecule has 3 aromatic carbocycles. The van der Waals surface area contributed by atoms with Crippen LogP contribution in [-0.2, 0) is 45.2 Å². The van der Waals surface area contributed by atoms with Crippen molar-refractivity contribution in [3.8, 4) is 11.1 Å². The summed E-state index contributed by atoms with van der Waals surface area (Å²) in [5.41, 5.74) is -4.50. The van der Waals surface area contributed by atoms with Gasteiger partial charge in [-0.15, -0.1) is 5.10 Å². The van der Waals surface area contributed by atoms with Gasteiger partial charge < -0.3 is 14.9 Å². The van der Waals surface area contributed by atoms with E-state index in [0.29, 0.717) is 17.7 Å². The Morgan fingerprint density at radius 2 is 1.36 bits per heavy atom. The van der Waals surface area contributed by atoms with Crippen LogP contribution in [0.25, 0.3) is 11.1 Å². The molecule has 1 amide bonds. The number of alkyl halides is 9. The van der Waals surface area contributed by atoms with Crippen LogP contribution in [0.3, 0.4) is 0 Å². The summed E-state index contributed by atoms with van der Waals surface area (Å²) in [7, 11) is 1.34. The monoisotopic (exact) mass is 736 g/mol. The molecule has 0 radical (unpaired) electrons. The Hall–Kier alpha value is -4.54. The molecule has 18 heteroatoms. The van der Waals surface area contributed by atoms with E-state index >= 15 is 0 Å². The van der Waals surface area contributed by atoms with Gasteiger partial charge in [-0.25, -0.2) is 4.79 Å². The van der Waals surface area contributed by atoms with Crippen LogP contribution in [0.15, 0.2) is 54.6 Å². The van der Waals surface area contributed by atoms with E-state index in [0.717, 1.165) is 32.8 Å². The number of hydrogen-bond acceptors (Lipinski definition) is 5. The Morgan fingerprint density at radius 3 is 1.86 bits per heavy atom. The van der Waals surface area contributed by atoms with Gasteiger partial charge in [0.2, 0.25) is 0 Å². The highest BCUT2D eigenvalue weighted by Gasteiger charge is 2.37. The van der Waals surface area contributed by atoms with Crippen LogP contribution >= 0.6 is 11.6 Å². The first kappa shape index (κ1) is 38.3. The number of carbonyl (C=O) groups is 1. The standard InChI is InChI=1S/C32H30ClF9N6O2/c1-29(2,3)17-48(28(49)50)14-18-5-8-26(33)25(11-18)24-7-6-21(30(34,35)36)12-20(24)16-47(27-43-45-46(4)44-27)15-19-9-22(31(37,38)39)13-23(10-19)32(40,41)42/h5-13H,14-17H2,1-4H3,(H,49,50). The van der Waals surface area contributed by atoms with E-state index in [1.807, 2.05) is 20.8 Å². The molecule has 0 atom stereocenters. The predicted octanol–water partition coefficient (Wildman–Crippen LogP) is 9.32. The largest absolute Gasteiger partial charge is 0.465 e. The first-order valence-corrected chi connectivity index (χ1v) is 15.0. The lowest BCUT2D eigenvalue weighted by atomic mass is 9.94. The van der Waals surface area contributed by atoms with Crippen LogP contribution < -0.4 is 4.90 Å². The molecule has 8 nitrogen and oxygen atoms in total. The second-order valence-corrected chi connectivity index (χ2v) is 13.1. The fourth-order valence-corrected chi connectivity index (χ4v) is 5.38. The van der Waals surface area contributed by atoms with Gasteiger partial charge in [0, 0.05) is 36.8 Å². The van der Waals surface area contributed by atoms with Gasteiger partial charge >= 0.3 is 24.6 Å². The van der Waals surface area contributed by atoms with Crippen LogP contribution in [0.1, 0.15) is 54.2 Å². The van der Waals surface area contributed by atoms with Gasteiger partial charge in [0.05, 0.1) is 23.7 Å². The van der Waals surface area contributed by atoms with Gasteiger partial charge in [0.15, 0.2) is 0 Å². The molecular weight excluding hydrogens is 707 g/mol. The number of carboxylic acid groups (broad SMARTS) is 1. The lowest BCUT2D eigenvalue weighted by Gasteiger charge is -2.28. The number of anilines is 1. The van der Waals surface area contributed by atoms with E-state index in [9.17, 15) is 49.4 Å². The number of tetrazole rings is 1. The first-order chi connectivity index (χ1) is 22.9. The Balaban J connectivity index is 1.85. The van der Waals surface area contributed by atoms with Crippen LogP contribution in [0.5, 0.6) is 0 Å². The Morgan fingerprint density at radius 1 is 0.760 bits per heavy atom. The SMILES string of the molecule is Cn1nnc(N(Cc2cc(C(F)(F)F)cc(C(F)(F)F)c2)Cc2cc(C(F)(F)F)ccc2-c2cc(CN(CC(C)(C)C)C(=O)O)ccc2Cl)n1. The molecule has 270 valence electrons. The van der Waals surface area contributed by atoms with Crippen molar-refractivity contribution in [2.24, 2.45) is 12.5 Å². The van der Waals surface area contributed by atoms with Gasteiger partial charge in [0.25, 0.3) is 5.95 Å². The van der Waals surface area contributed by atoms with Crippen LogP contribution in [0.4, 0.5) is 50.3 Å². The third-order valence-corrected chi connectivity index (χ3v) is 7.55. The summed E-state index contributed by atoms with van der Waals surface area (Å²) in [6, 6.07) is 8.14. The number of amides is 1. The predicted molar refractivity (Wildman–Crippen MR) is 165 cm³/mol. The van der Waals surface area contributed by atoms with E-state index in [1.165, 1.54) is 19.2 Å². The number of nitrogens with zero attached hydrogens (tertiary/aromatic N) is 6. The van der Waals surface area contributed by atoms with Crippen molar-refractivity contribution in [1.29, 1.82) is 0 Å². The molecule has 4 aromatic rings. The molecule has 0 spiro atoms. The maximum Gasteiger partial charge on any atom is 0.416 e. The van der Waals surface area contributed by atoms with Crippen molar-refractivity contribution in [2.75, 3.05) is 11.4 Å². The molecule has 1 heterocycles. The normalized spacial score (nSPS) is 12.7. The number of aryl methyl sites for hydroxylation is 1. The van der Waals surface area contributed by atoms with Crippen molar-refractivity contribution in [2.45, 2.75) is 58.9 Å². The third-order valence-electron chi connectivity index (χ3n) is 7.23. The molecule has 0 saturated heterocycles. The molecule has 0 aliphatic carbocycles. The Kier molecular flexibility index (Phi) is 10.7. The highest BCUT2D eigenvalue weighted by Crippen LogP contribution is 2.39. The van der Waals surface area contributed by atoms with E-state index < -0.39 is 65.4 Å². The molecule has 0 unspecified atom stereocenters. The first-order valence-electron chi connectivity index (χ1n) is 14.6. The molecule has 0 aliphatic heterocycles. The minimum atomic E-state index is -5.15. The zero-order valence-corrected chi connectivity index (χ0v) is 27.6. The van der Waals surface area contributed by atoms with Gasteiger partial charge in [0.1, 0.15) is 0 Å². The number of aromatic nitrogens is 4. The zero-order valence-electron chi connectivity index (χ0n) is 26.8. The van der Waals surface area contributed by atoms with E-state index in [-0.39, 0.29) is 46.8 Å². The molecule has 0 saturated carbocycles. The molecule has 0 fully saturated rings. The molecule has 1 N–H and O–H groups in total. The van der Waals surface area contributed by atoms with E-state index in [1.54, 1.807) is 6.07 Å². The quantitative estimate of drug-likeness (QED) is 0.173. The fourth-order valence-electron chi connectivity index (χ4n) is 5.16. The van der Waals surface area contributed by atoms with E-state index in [2.05, 4.69) is 15.4 Å². The minimum Gasteiger partial charge on any atom is -0.465 e. The van der Waals surface area contributed by atoms with Gasteiger partial charge in [-0.05, 0) is 75.3 Å². The number of halogens is 10. The van der Waals surface area contributed by atoms with E-state index in [4.69, 9.17) is 11.6 Å². The molecule has 0 bridgehead atoms. The maximum atomic E-state index is 14.0. The summed E-state index contributed by atoms with van der Waals surface area (Å²) >= 11 is 6.53. The molecule has 0 aliphatic rings. The Labute approximate surface area is 285 Å². The van der Waals surface area contributed by atoms with Gasteiger partial charge in [-0.1, -0.05) is 49.6 Å². The third kappa shape index (κ3) is 9.79. The summed E-state index contributed by atoms with van der Waals surface area (Å²) < 4.78 is 124. The highest BCUT2D eigenvalue weighted by atomic mass is 35.5. The summed E-state index contributed by atoms with van der Waals surface area (Å²) in [4.78, 5) is 15.2. The average molecular weight is 737 g/mol. The smallest absolute Gasteiger partial charge is 0.416 e. The summed E-state index contributed by atoms with van der Waals surface area (Å²) in [6.45, 7) is 4.30. The van der Waals surface area contributed by atoms with Crippen LogP contribution in [0.2, 0.25) is 5.02 Å². The lowest BCUT2D eigenvalue weighted by molar-refractivity contribution is -0.143. The van der Waals surface area contributed by atoms with Crippen molar-refractivity contribution in [1.82, 2.24) is 25.1 Å². The van der Waals surface area contributed by atoms with Crippen LogP contribution in [-0.4, -0.2) is 42.9 Å².